The lowest BCUT2D eigenvalue weighted by molar-refractivity contribution is -0.318. The van der Waals surface area contributed by atoms with Gasteiger partial charge in [0.25, 0.3) is 0 Å². The van der Waals surface area contributed by atoms with Gasteiger partial charge in [-0.05, 0) is 75.7 Å². The van der Waals surface area contributed by atoms with Crippen LogP contribution in [0, 0.1) is 23.7 Å². The van der Waals surface area contributed by atoms with Crippen LogP contribution in [0.5, 0.6) is 0 Å². The molecule has 64 heavy (non-hydrogen) atoms. The van der Waals surface area contributed by atoms with Gasteiger partial charge >= 0.3 is 5.97 Å². The number of allylic oxidation sites excluding steroid dienone is 2. The van der Waals surface area contributed by atoms with E-state index in [9.17, 15) is 20.1 Å². The molecule has 1 saturated carbocycles. The summed E-state index contributed by atoms with van der Waals surface area (Å²) in [6.45, 7) is 11.9. The zero-order valence-electron chi connectivity index (χ0n) is 39.0. The maximum Gasteiger partial charge on any atom is 0.316 e. The Morgan fingerprint density at radius 1 is 0.812 bits per heavy atom. The molecule has 0 amide bonds. The first kappa shape index (κ1) is 48.2. The van der Waals surface area contributed by atoms with Crippen LogP contribution >= 0.6 is 0 Å². The first-order valence-corrected chi connectivity index (χ1v) is 24.0. The van der Waals surface area contributed by atoms with E-state index in [2.05, 4.69) is 32.9 Å². The third kappa shape index (κ3) is 9.82. The Morgan fingerprint density at radius 3 is 2.28 bits per heavy atom. The molecule has 2 bridgehead atoms. The molecule has 6 heterocycles. The average molecular weight is 899 g/mol. The number of aliphatic hydroxyl groups is 3. The molecule has 8 rings (SSSR count). The number of aliphatic hydroxyl groups excluding tert-OH is 2. The molecule has 19 atom stereocenters. The van der Waals surface area contributed by atoms with Gasteiger partial charge in [-0.25, -0.2) is 0 Å². The van der Waals surface area contributed by atoms with E-state index in [1.54, 1.807) is 40.2 Å². The first-order chi connectivity index (χ1) is 30.6. The zero-order valence-corrected chi connectivity index (χ0v) is 39.0. The number of esters is 1. The topological polar surface area (TPSA) is 170 Å². The van der Waals surface area contributed by atoms with Crippen LogP contribution in [-0.4, -0.2) is 139 Å². The molecule has 6 aliphatic heterocycles. The van der Waals surface area contributed by atoms with Crippen molar-refractivity contribution in [2.75, 3.05) is 20.8 Å². The molecule has 0 aromatic carbocycles. The van der Waals surface area contributed by atoms with Crippen LogP contribution in [0.25, 0.3) is 0 Å². The Bertz CT molecular complexity index is 1790. The van der Waals surface area contributed by atoms with Gasteiger partial charge in [0.1, 0.15) is 42.0 Å². The van der Waals surface area contributed by atoms with Crippen molar-refractivity contribution < 1.29 is 67.5 Å². The lowest BCUT2D eigenvalue weighted by atomic mass is 9.71. The van der Waals surface area contributed by atoms with Crippen molar-refractivity contribution in [1.29, 1.82) is 0 Å². The van der Waals surface area contributed by atoms with E-state index in [4.69, 9.17) is 47.4 Å². The van der Waals surface area contributed by atoms with E-state index in [0.29, 0.717) is 49.2 Å². The van der Waals surface area contributed by atoms with Gasteiger partial charge in [-0.1, -0.05) is 69.6 Å². The van der Waals surface area contributed by atoms with E-state index in [-0.39, 0.29) is 36.8 Å². The van der Waals surface area contributed by atoms with Crippen molar-refractivity contribution in [2.45, 2.75) is 203 Å². The molecule has 0 radical (unpaired) electrons. The van der Waals surface area contributed by atoms with Crippen molar-refractivity contribution in [3.63, 3.8) is 0 Å². The highest BCUT2D eigenvalue weighted by atomic mass is 16.7. The fourth-order valence-electron chi connectivity index (χ4n) is 11.7. The van der Waals surface area contributed by atoms with Crippen LogP contribution in [0.1, 0.15) is 106 Å². The first-order valence-electron chi connectivity index (χ1n) is 24.0. The van der Waals surface area contributed by atoms with Gasteiger partial charge in [0.15, 0.2) is 18.4 Å². The summed E-state index contributed by atoms with van der Waals surface area (Å²) in [7, 11) is 3.23. The minimum absolute atomic E-state index is 0.0242. The Kier molecular flexibility index (Phi) is 15.1. The van der Waals surface area contributed by atoms with Crippen LogP contribution in [0.2, 0.25) is 0 Å². The maximum atomic E-state index is 14.4. The summed E-state index contributed by atoms with van der Waals surface area (Å²) in [4.78, 5) is 14.4. The Labute approximate surface area is 379 Å². The van der Waals surface area contributed by atoms with E-state index in [0.717, 1.165) is 18.4 Å². The summed E-state index contributed by atoms with van der Waals surface area (Å²) < 4.78 is 64.1. The normalized spacial score (nSPS) is 49.2. The smallest absolute Gasteiger partial charge is 0.316 e. The predicted octanol–water partition coefficient (Wildman–Crippen LogP) is 5.91. The number of methoxy groups -OCH3 is 2. The minimum atomic E-state index is -1.83. The summed E-state index contributed by atoms with van der Waals surface area (Å²) in [5.74, 6) is -2.32. The standard InChI is InChI=1S/C50H74O14/c1-27-13-12-16-34-26-57-47-42(51)30(4)21-37(50(34,47)54)48(53)60-36-22-35(63-49(25-36)20-19-29(3)45(64-49)33-14-10-9-11-15-33)18-17-28(2)44(27)61-41-24-39(56-8)46(32(6)59-41)62-40-23-38(55-7)43(52)31(5)58-40/h12-13,16-17,19-21,27,29,31-33,35-47,51-52,54H,9-11,14-15,18,22-26H2,1-8H3/b13-12+,28-17+,34-16+/t27-,29-,31-,32-,35+,36-,37-,38-,39-,40-,41-,42+,43?,44-,45-,46-,47+,49+,50+/m0/s1. The third-order valence-corrected chi connectivity index (χ3v) is 15.4. The van der Waals surface area contributed by atoms with Gasteiger partial charge in [0.2, 0.25) is 0 Å². The number of hydrogen-bond acceptors (Lipinski definition) is 14. The van der Waals surface area contributed by atoms with Crippen molar-refractivity contribution in [3.05, 3.63) is 59.3 Å². The van der Waals surface area contributed by atoms with Crippen LogP contribution in [0.15, 0.2) is 59.3 Å². The van der Waals surface area contributed by atoms with Crippen molar-refractivity contribution >= 4 is 5.97 Å². The molecule has 3 N–H and O–H groups in total. The summed E-state index contributed by atoms with van der Waals surface area (Å²) in [6.07, 6.45) is 13.8. The minimum Gasteiger partial charge on any atom is -0.462 e. The molecule has 2 aliphatic carbocycles. The Hall–Kier alpha value is -2.31. The second-order valence-corrected chi connectivity index (χ2v) is 20.0. The molecule has 14 nitrogen and oxygen atoms in total. The van der Waals surface area contributed by atoms with Crippen molar-refractivity contribution in [1.82, 2.24) is 0 Å². The molecule has 358 valence electrons. The summed E-state index contributed by atoms with van der Waals surface area (Å²) in [5.41, 5.74) is 0.166. The second-order valence-electron chi connectivity index (χ2n) is 20.0. The molecule has 5 fully saturated rings. The molecular formula is C50H74O14. The number of hydrogen-bond donors (Lipinski definition) is 3. The van der Waals surface area contributed by atoms with Gasteiger partial charge in [-0.2, -0.15) is 0 Å². The van der Waals surface area contributed by atoms with Gasteiger partial charge in [0.05, 0.1) is 49.3 Å². The van der Waals surface area contributed by atoms with Crippen molar-refractivity contribution in [3.8, 4) is 0 Å². The largest absolute Gasteiger partial charge is 0.462 e. The SMILES string of the molecule is CO[C@H]1C[C@H](O[C@H]2[C@H](C)O[C@@H](O[C@@H]3/C(C)=C/C[C@@H]4C[C@@H](C[C@]5(C=C[C@H](C)[C@@H](C6CCCCC6)O5)O4)OC(=O)[C@@H]4C=C(C)[C@@H](O)[C@H]5OC/C(=C\C=C\[C@@H]3C)[C@]54O)C[C@@H]2OC)O[C@@H](C)C1O. The molecule has 4 saturated heterocycles. The summed E-state index contributed by atoms with van der Waals surface area (Å²) in [6, 6.07) is 0. The summed E-state index contributed by atoms with van der Waals surface area (Å²) >= 11 is 0. The number of carbonyl (C=O) groups excluding carboxylic acids is 1. The van der Waals surface area contributed by atoms with E-state index in [1.807, 2.05) is 25.2 Å². The van der Waals surface area contributed by atoms with Gasteiger partial charge in [-0.15, -0.1) is 0 Å². The summed E-state index contributed by atoms with van der Waals surface area (Å²) in [5, 5.41) is 34.3. The van der Waals surface area contributed by atoms with Crippen LogP contribution in [0.4, 0.5) is 0 Å². The van der Waals surface area contributed by atoms with E-state index in [1.165, 1.54) is 19.3 Å². The van der Waals surface area contributed by atoms with Crippen LogP contribution < -0.4 is 0 Å². The molecule has 1 unspecified atom stereocenters. The number of carbonyl (C=O) groups is 1. The fourth-order valence-corrected chi connectivity index (χ4v) is 11.7. The molecule has 0 aromatic rings. The molecule has 14 heteroatoms. The highest BCUT2D eigenvalue weighted by Crippen LogP contribution is 2.48. The Balaban J connectivity index is 1.08. The fraction of sp³-hybridized carbons (Fsp3) is 0.780. The lowest BCUT2D eigenvalue weighted by Gasteiger charge is -2.49. The number of fused-ring (bicyclic) bond motifs is 2. The Morgan fingerprint density at radius 2 is 1.53 bits per heavy atom. The third-order valence-electron chi connectivity index (χ3n) is 15.4. The molecule has 0 aromatic heterocycles. The van der Waals surface area contributed by atoms with Crippen molar-refractivity contribution in [2.24, 2.45) is 23.7 Å². The number of rotatable bonds is 7. The van der Waals surface area contributed by atoms with Gasteiger partial charge in [0, 0.05) is 51.7 Å². The maximum absolute atomic E-state index is 14.4. The molecule has 8 aliphatic rings. The lowest BCUT2D eigenvalue weighted by Crippen LogP contribution is -2.58. The quantitative estimate of drug-likeness (QED) is 0.204. The number of ether oxygens (including phenoxy) is 10. The van der Waals surface area contributed by atoms with Gasteiger partial charge in [-0.3, -0.25) is 4.79 Å². The van der Waals surface area contributed by atoms with Gasteiger partial charge < -0.3 is 62.7 Å². The molecule has 1 spiro atoms. The van der Waals surface area contributed by atoms with Crippen LogP contribution in [-0.2, 0) is 52.2 Å². The van der Waals surface area contributed by atoms with E-state index >= 15 is 0 Å². The van der Waals surface area contributed by atoms with Crippen LogP contribution in [0.3, 0.4) is 0 Å². The second kappa shape index (κ2) is 20.1. The highest BCUT2D eigenvalue weighted by molar-refractivity contribution is 5.78. The predicted molar refractivity (Wildman–Crippen MR) is 234 cm³/mol. The average Bonchev–Trinajstić information content (AvgIpc) is 3.62. The van der Waals surface area contributed by atoms with E-state index < -0.39 is 90.8 Å². The molecular weight excluding hydrogens is 825 g/mol. The highest BCUT2D eigenvalue weighted by Gasteiger charge is 2.60. The monoisotopic (exact) mass is 899 g/mol. The zero-order chi connectivity index (χ0) is 45.5.